The Kier molecular flexibility index (Phi) is 3.52. The smallest absolute Gasteiger partial charge is 0.127 e. The van der Waals surface area contributed by atoms with E-state index in [4.69, 9.17) is 4.74 Å². The minimum Gasteiger partial charge on any atom is -0.493 e. The summed E-state index contributed by atoms with van der Waals surface area (Å²) in [5.41, 5.74) is 2.52. The molecule has 1 aliphatic heterocycles. The third-order valence-electron chi connectivity index (χ3n) is 3.06. The number of hydrogen-bond acceptors (Lipinski definition) is 2. The van der Waals surface area contributed by atoms with Gasteiger partial charge in [0, 0.05) is 26.2 Å². The molecule has 1 nitrogen and oxygen atoms in total. The Hall–Kier alpha value is -0.320. The fourth-order valence-corrected chi connectivity index (χ4v) is 4.40. The number of benzene rings is 1. The number of thiophene rings is 1. The van der Waals surface area contributed by atoms with Crippen LogP contribution < -0.4 is 4.74 Å². The average Bonchev–Trinajstić information content (AvgIpc) is 2.95. The van der Waals surface area contributed by atoms with Gasteiger partial charge in [0.1, 0.15) is 5.75 Å². The van der Waals surface area contributed by atoms with Crippen molar-refractivity contribution in [2.45, 2.75) is 18.2 Å². The van der Waals surface area contributed by atoms with Crippen molar-refractivity contribution in [1.29, 1.82) is 0 Å². The zero-order valence-electron chi connectivity index (χ0n) is 9.87. The van der Waals surface area contributed by atoms with Crippen molar-refractivity contribution in [3.05, 3.63) is 49.6 Å². The third-order valence-corrected chi connectivity index (χ3v) is 5.87. The number of fused-ring (bicyclic) bond motifs is 1. The zero-order chi connectivity index (χ0) is 12.7. The Morgan fingerprint density at radius 1 is 1.33 bits per heavy atom. The zero-order valence-corrected chi connectivity index (χ0v) is 13.9. The van der Waals surface area contributed by atoms with Gasteiger partial charge in [0.05, 0.1) is 11.4 Å². The first-order valence-electron chi connectivity index (χ1n) is 5.80. The summed E-state index contributed by atoms with van der Waals surface area (Å²) < 4.78 is 6.91. The van der Waals surface area contributed by atoms with Gasteiger partial charge in [-0.15, -0.1) is 11.3 Å². The lowest BCUT2D eigenvalue weighted by Gasteiger charge is -2.13. The van der Waals surface area contributed by atoms with Gasteiger partial charge in [-0.2, -0.15) is 0 Å². The molecule has 0 aliphatic carbocycles. The Balaban J connectivity index is 2.06. The molecule has 0 saturated carbocycles. The van der Waals surface area contributed by atoms with Gasteiger partial charge in [-0.1, -0.05) is 31.9 Å². The van der Waals surface area contributed by atoms with Crippen LogP contribution in [0, 0.1) is 6.92 Å². The highest BCUT2D eigenvalue weighted by molar-refractivity contribution is 9.10. The van der Waals surface area contributed by atoms with Gasteiger partial charge < -0.3 is 4.74 Å². The van der Waals surface area contributed by atoms with Crippen molar-refractivity contribution in [2.75, 3.05) is 6.61 Å². The summed E-state index contributed by atoms with van der Waals surface area (Å²) in [5.74, 6) is 1.06. The summed E-state index contributed by atoms with van der Waals surface area (Å²) in [7, 11) is 0. The molecule has 1 aromatic carbocycles. The van der Waals surface area contributed by atoms with Crippen LogP contribution in [0.2, 0.25) is 0 Å². The van der Waals surface area contributed by atoms with Crippen LogP contribution in [0.5, 0.6) is 5.75 Å². The number of aryl methyl sites for hydroxylation is 1. The van der Waals surface area contributed by atoms with E-state index in [-0.39, 0.29) is 4.83 Å². The van der Waals surface area contributed by atoms with Crippen LogP contribution in [0.1, 0.15) is 25.7 Å². The molecule has 0 bridgehead atoms. The Morgan fingerprint density at radius 2 is 2.17 bits per heavy atom. The second-order valence-electron chi connectivity index (χ2n) is 4.39. The lowest BCUT2D eigenvalue weighted by Crippen LogP contribution is -1.95. The fourth-order valence-electron chi connectivity index (χ4n) is 2.23. The highest BCUT2D eigenvalue weighted by Crippen LogP contribution is 2.44. The minimum atomic E-state index is 0.209. The number of ether oxygens (including phenoxy) is 1. The predicted molar refractivity (Wildman–Crippen MR) is 83.2 cm³/mol. The lowest BCUT2D eigenvalue weighted by atomic mass is 10.0. The lowest BCUT2D eigenvalue weighted by molar-refractivity contribution is 0.354. The standard InChI is InChI=1S/C14H12Br2OS/c1-8-2-3-12(18-8)13(16)11-7-10(15)6-9-4-5-17-14(9)11/h2-3,6-7,13H,4-5H2,1H3. The van der Waals surface area contributed by atoms with E-state index < -0.39 is 0 Å². The molecular formula is C14H12Br2OS. The quantitative estimate of drug-likeness (QED) is 0.640. The number of halogens is 2. The second kappa shape index (κ2) is 4.99. The first-order valence-corrected chi connectivity index (χ1v) is 8.33. The van der Waals surface area contributed by atoms with Gasteiger partial charge in [-0.05, 0) is 36.8 Å². The molecule has 4 heteroatoms. The summed E-state index contributed by atoms with van der Waals surface area (Å²) in [6, 6.07) is 8.65. The number of hydrogen-bond donors (Lipinski definition) is 0. The van der Waals surface area contributed by atoms with E-state index in [9.17, 15) is 0 Å². The normalized spacial score (nSPS) is 15.3. The molecule has 1 unspecified atom stereocenters. The molecular weight excluding hydrogens is 376 g/mol. The van der Waals surface area contributed by atoms with E-state index in [1.165, 1.54) is 20.9 Å². The van der Waals surface area contributed by atoms with E-state index in [1.807, 2.05) is 11.3 Å². The molecule has 2 heterocycles. The van der Waals surface area contributed by atoms with E-state index in [0.717, 1.165) is 23.2 Å². The minimum absolute atomic E-state index is 0.209. The van der Waals surface area contributed by atoms with E-state index in [2.05, 4.69) is 63.0 Å². The molecule has 1 aliphatic rings. The molecule has 3 rings (SSSR count). The molecule has 0 N–H and O–H groups in total. The van der Waals surface area contributed by atoms with Crippen LogP contribution in [0.4, 0.5) is 0 Å². The predicted octanol–water partition coefficient (Wildman–Crippen LogP) is 5.24. The highest BCUT2D eigenvalue weighted by atomic mass is 79.9. The molecule has 0 amide bonds. The Bertz CT molecular complexity index is 591. The van der Waals surface area contributed by atoms with Crippen molar-refractivity contribution in [3.8, 4) is 5.75 Å². The molecule has 0 spiro atoms. The monoisotopic (exact) mass is 386 g/mol. The molecule has 2 aromatic rings. The first kappa shape index (κ1) is 12.7. The maximum absolute atomic E-state index is 5.79. The van der Waals surface area contributed by atoms with Crippen molar-refractivity contribution >= 4 is 43.2 Å². The van der Waals surface area contributed by atoms with Gasteiger partial charge in [-0.3, -0.25) is 0 Å². The van der Waals surface area contributed by atoms with Crippen molar-refractivity contribution in [3.63, 3.8) is 0 Å². The second-order valence-corrected chi connectivity index (χ2v) is 7.54. The number of rotatable bonds is 2. The Morgan fingerprint density at radius 3 is 2.89 bits per heavy atom. The third kappa shape index (κ3) is 2.26. The van der Waals surface area contributed by atoms with E-state index >= 15 is 0 Å². The molecule has 1 atom stereocenters. The first-order chi connectivity index (χ1) is 8.65. The fraction of sp³-hybridized carbons (Fsp3) is 0.286. The van der Waals surface area contributed by atoms with Crippen LogP contribution in [0.3, 0.4) is 0 Å². The average molecular weight is 388 g/mol. The van der Waals surface area contributed by atoms with Crippen LogP contribution in [-0.2, 0) is 6.42 Å². The Labute approximate surface area is 127 Å². The summed E-state index contributed by atoms with van der Waals surface area (Å²) in [6.07, 6.45) is 1.00. The van der Waals surface area contributed by atoms with Gasteiger partial charge >= 0.3 is 0 Å². The largest absolute Gasteiger partial charge is 0.493 e. The SMILES string of the molecule is Cc1ccc(C(Br)c2cc(Br)cc3c2OCC3)s1. The van der Waals surface area contributed by atoms with Crippen molar-refractivity contribution in [2.24, 2.45) is 0 Å². The molecule has 0 radical (unpaired) electrons. The molecule has 1 aromatic heterocycles. The maximum Gasteiger partial charge on any atom is 0.127 e. The van der Waals surface area contributed by atoms with Crippen molar-refractivity contribution in [1.82, 2.24) is 0 Å². The van der Waals surface area contributed by atoms with Crippen LogP contribution in [0.15, 0.2) is 28.7 Å². The van der Waals surface area contributed by atoms with Gasteiger partial charge in [0.15, 0.2) is 0 Å². The van der Waals surface area contributed by atoms with E-state index in [0.29, 0.717) is 0 Å². The van der Waals surface area contributed by atoms with Crippen molar-refractivity contribution < 1.29 is 4.74 Å². The molecule has 94 valence electrons. The molecule has 0 fully saturated rings. The number of alkyl halides is 1. The van der Waals surface area contributed by atoms with E-state index in [1.54, 1.807) is 0 Å². The molecule has 0 saturated heterocycles. The summed E-state index contributed by atoms with van der Waals surface area (Å²) in [6.45, 7) is 2.93. The topological polar surface area (TPSA) is 9.23 Å². The molecule has 18 heavy (non-hydrogen) atoms. The van der Waals surface area contributed by atoms with Gasteiger partial charge in [0.2, 0.25) is 0 Å². The van der Waals surface area contributed by atoms with Crippen LogP contribution in [0.25, 0.3) is 0 Å². The van der Waals surface area contributed by atoms with Gasteiger partial charge in [0.25, 0.3) is 0 Å². The maximum atomic E-state index is 5.79. The van der Waals surface area contributed by atoms with Crippen LogP contribution in [-0.4, -0.2) is 6.61 Å². The summed E-state index contributed by atoms with van der Waals surface area (Å²) in [4.78, 5) is 2.87. The van der Waals surface area contributed by atoms with Crippen LogP contribution >= 0.6 is 43.2 Å². The van der Waals surface area contributed by atoms with Gasteiger partial charge in [-0.25, -0.2) is 0 Å². The summed E-state index contributed by atoms with van der Waals surface area (Å²) in [5, 5.41) is 0. The summed E-state index contributed by atoms with van der Waals surface area (Å²) >= 11 is 9.22. The highest BCUT2D eigenvalue weighted by Gasteiger charge is 2.23.